The normalized spacial score (nSPS) is 13.9. The van der Waals surface area contributed by atoms with Crippen LogP contribution in [0, 0.1) is 10.1 Å². The maximum atomic E-state index is 11.3. The van der Waals surface area contributed by atoms with E-state index >= 15 is 0 Å². The summed E-state index contributed by atoms with van der Waals surface area (Å²) in [5.74, 6) is 0.919. The van der Waals surface area contributed by atoms with Gasteiger partial charge in [-0.25, -0.2) is 0 Å². The molecule has 0 saturated carbocycles. The van der Waals surface area contributed by atoms with E-state index < -0.39 is 4.92 Å². The quantitative estimate of drug-likeness (QED) is 0.296. The molecule has 0 bridgehead atoms. The zero-order valence-electron chi connectivity index (χ0n) is 12.7. The van der Waals surface area contributed by atoms with Crippen molar-refractivity contribution in [1.29, 1.82) is 0 Å². The van der Waals surface area contributed by atoms with Crippen LogP contribution < -0.4 is 5.32 Å². The Labute approximate surface area is 151 Å². The van der Waals surface area contributed by atoms with Gasteiger partial charge in [0.1, 0.15) is 0 Å². The van der Waals surface area contributed by atoms with Crippen LogP contribution >= 0.6 is 23.1 Å². The SMILES string of the molecule is CSc1nc(Nc2ncnc3[se]c4c(c23)CCCC4)c([N+](=O)[O-])s1. The van der Waals surface area contributed by atoms with Gasteiger partial charge in [0.15, 0.2) is 0 Å². The number of nitrogens with zero attached hydrogens (tertiary/aromatic N) is 4. The Balaban J connectivity index is 1.82. The van der Waals surface area contributed by atoms with E-state index in [4.69, 9.17) is 0 Å². The summed E-state index contributed by atoms with van der Waals surface area (Å²) in [6.45, 7) is 0. The van der Waals surface area contributed by atoms with Crippen LogP contribution in [0.1, 0.15) is 22.8 Å². The number of anilines is 2. The predicted molar refractivity (Wildman–Crippen MR) is 97.0 cm³/mol. The fourth-order valence-corrected chi connectivity index (χ4v) is 6.78. The summed E-state index contributed by atoms with van der Waals surface area (Å²) >= 11 is 2.73. The van der Waals surface area contributed by atoms with Gasteiger partial charge in [-0.2, -0.15) is 0 Å². The molecule has 124 valence electrons. The monoisotopic (exact) mass is 427 g/mol. The molecule has 3 heterocycles. The molecule has 24 heavy (non-hydrogen) atoms. The van der Waals surface area contributed by atoms with Crippen LogP contribution in [-0.4, -0.2) is 40.6 Å². The Morgan fingerprint density at radius 3 is 2.96 bits per heavy atom. The third-order valence-corrected chi connectivity index (χ3v) is 8.43. The van der Waals surface area contributed by atoms with Crippen molar-refractivity contribution < 1.29 is 4.92 Å². The first-order valence-corrected chi connectivity index (χ1v) is 11.1. The van der Waals surface area contributed by atoms with Crippen molar-refractivity contribution in [2.45, 2.75) is 30.0 Å². The molecule has 0 aromatic carbocycles. The molecule has 3 aromatic rings. The van der Waals surface area contributed by atoms with Crippen molar-refractivity contribution in [3.63, 3.8) is 0 Å². The first-order valence-electron chi connectivity index (χ1n) is 7.39. The Kier molecular flexibility index (Phi) is 4.29. The number of thioether (sulfide) groups is 1. The number of rotatable bonds is 4. The molecule has 0 aliphatic heterocycles. The van der Waals surface area contributed by atoms with E-state index in [2.05, 4.69) is 20.3 Å². The molecule has 10 heteroatoms. The zero-order chi connectivity index (χ0) is 16.7. The van der Waals surface area contributed by atoms with Gasteiger partial charge in [-0.3, -0.25) is 0 Å². The van der Waals surface area contributed by atoms with Gasteiger partial charge >= 0.3 is 152 Å². The van der Waals surface area contributed by atoms with Crippen LogP contribution in [0.5, 0.6) is 0 Å². The molecule has 3 aromatic heterocycles. The predicted octanol–water partition coefficient (Wildman–Crippen LogP) is 3.40. The summed E-state index contributed by atoms with van der Waals surface area (Å²) < 4.78 is 3.25. The molecule has 0 saturated heterocycles. The summed E-state index contributed by atoms with van der Waals surface area (Å²) in [6.07, 6.45) is 7.99. The number of fused-ring (bicyclic) bond motifs is 3. The third kappa shape index (κ3) is 2.73. The van der Waals surface area contributed by atoms with Gasteiger partial charge in [-0.15, -0.1) is 0 Å². The van der Waals surface area contributed by atoms with Crippen molar-refractivity contribution in [1.82, 2.24) is 15.0 Å². The van der Waals surface area contributed by atoms with E-state index in [9.17, 15) is 10.1 Å². The third-order valence-electron chi connectivity index (χ3n) is 3.92. The molecular formula is C14H13N5O2S2Se. The first-order chi connectivity index (χ1) is 11.7. The molecule has 0 unspecified atom stereocenters. The van der Waals surface area contributed by atoms with E-state index in [0.29, 0.717) is 10.2 Å². The summed E-state index contributed by atoms with van der Waals surface area (Å²) in [7, 11) is 0. The minimum atomic E-state index is -0.392. The molecule has 0 amide bonds. The Hall–Kier alpha value is -1.48. The fraction of sp³-hybridized carbons (Fsp3) is 0.357. The van der Waals surface area contributed by atoms with Gasteiger partial charge in [-0.1, -0.05) is 0 Å². The van der Waals surface area contributed by atoms with E-state index in [0.717, 1.165) is 34.0 Å². The topological polar surface area (TPSA) is 93.8 Å². The number of nitrogens with one attached hydrogen (secondary N) is 1. The van der Waals surface area contributed by atoms with Crippen LogP contribution in [0.2, 0.25) is 0 Å². The number of nitro groups is 1. The Bertz CT molecular complexity index is 939. The molecule has 7 nitrogen and oxygen atoms in total. The number of hydrogen-bond donors (Lipinski definition) is 1. The second-order valence-electron chi connectivity index (χ2n) is 5.33. The van der Waals surface area contributed by atoms with E-state index in [1.807, 2.05) is 6.26 Å². The molecule has 0 fully saturated rings. The van der Waals surface area contributed by atoms with Crippen LogP contribution in [0.15, 0.2) is 10.7 Å². The van der Waals surface area contributed by atoms with Gasteiger partial charge in [-0.05, 0) is 0 Å². The molecule has 1 aliphatic rings. The van der Waals surface area contributed by atoms with Gasteiger partial charge in [0.25, 0.3) is 0 Å². The first kappa shape index (κ1) is 16.0. The Morgan fingerprint density at radius 1 is 1.33 bits per heavy atom. The molecule has 0 spiro atoms. The van der Waals surface area contributed by atoms with Gasteiger partial charge < -0.3 is 0 Å². The van der Waals surface area contributed by atoms with Gasteiger partial charge in [0.05, 0.1) is 0 Å². The average molecular weight is 426 g/mol. The van der Waals surface area contributed by atoms with Crippen LogP contribution in [0.4, 0.5) is 16.6 Å². The fourth-order valence-electron chi connectivity index (χ4n) is 2.88. The van der Waals surface area contributed by atoms with E-state index in [1.165, 1.54) is 40.9 Å². The zero-order valence-corrected chi connectivity index (χ0v) is 16.1. The Morgan fingerprint density at radius 2 is 2.17 bits per heavy atom. The minimum absolute atomic E-state index is 0.0214. The molecule has 1 aliphatic carbocycles. The summed E-state index contributed by atoms with van der Waals surface area (Å²) in [5.41, 5.74) is 1.35. The average Bonchev–Trinajstić information content (AvgIpc) is 3.16. The van der Waals surface area contributed by atoms with Crippen LogP contribution in [0.25, 0.3) is 9.78 Å². The standard InChI is InChI=1S/C14H13N5O2S2Se/c1-22-14-18-11(13(23-14)19(20)21)17-10-9-7-4-2-3-5-8(7)24-12(9)16-6-15-10/h6H,2-5H2,1H3,(H,15,16,17). The molecular weight excluding hydrogens is 413 g/mol. The summed E-state index contributed by atoms with van der Waals surface area (Å²) in [4.78, 5) is 24.0. The maximum absolute atomic E-state index is 11.3. The summed E-state index contributed by atoms with van der Waals surface area (Å²) in [6, 6.07) is 0. The number of aryl methyl sites for hydroxylation is 2. The number of hydrogen-bond acceptors (Lipinski definition) is 8. The van der Waals surface area contributed by atoms with Crippen LogP contribution in [0.3, 0.4) is 0 Å². The molecule has 0 atom stereocenters. The van der Waals surface area contributed by atoms with Crippen molar-refractivity contribution in [3.05, 3.63) is 26.4 Å². The van der Waals surface area contributed by atoms with Crippen molar-refractivity contribution in [3.8, 4) is 0 Å². The second kappa shape index (κ2) is 6.44. The second-order valence-corrected chi connectivity index (χ2v) is 9.64. The number of aromatic nitrogens is 3. The summed E-state index contributed by atoms with van der Waals surface area (Å²) in [5, 5.41) is 15.5. The van der Waals surface area contributed by atoms with Crippen molar-refractivity contribution in [2.24, 2.45) is 0 Å². The van der Waals surface area contributed by atoms with Gasteiger partial charge in [0, 0.05) is 0 Å². The molecule has 4 rings (SSSR count). The molecule has 1 N–H and O–H groups in total. The van der Waals surface area contributed by atoms with Crippen molar-refractivity contribution in [2.75, 3.05) is 11.6 Å². The van der Waals surface area contributed by atoms with E-state index in [1.54, 1.807) is 0 Å². The number of thiazole rings is 1. The van der Waals surface area contributed by atoms with Crippen molar-refractivity contribution >= 4 is 64.0 Å². The van der Waals surface area contributed by atoms with Crippen LogP contribution in [-0.2, 0) is 12.8 Å². The molecule has 0 radical (unpaired) electrons. The van der Waals surface area contributed by atoms with E-state index in [-0.39, 0.29) is 25.3 Å². The van der Waals surface area contributed by atoms with Gasteiger partial charge in [0.2, 0.25) is 0 Å².